The molecule has 1 aliphatic carbocycles. The largest absolute Gasteiger partial charge is 0.497 e. The van der Waals surface area contributed by atoms with Gasteiger partial charge in [0.2, 0.25) is 5.91 Å². The molecule has 0 atom stereocenters. The minimum Gasteiger partial charge on any atom is -0.497 e. The van der Waals surface area contributed by atoms with Gasteiger partial charge in [-0.25, -0.2) is 4.68 Å². The molecule has 6 heteroatoms. The molecule has 1 N–H and O–H groups in total. The zero-order chi connectivity index (χ0) is 22.0. The molecule has 0 bridgehead atoms. The number of anilines is 1. The van der Waals surface area contributed by atoms with Crippen LogP contribution in [-0.2, 0) is 11.3 Å². The minimum absolute atomic E-state index is 0.00457. The van der Waals surface area contributed by atoms with Crippen LogP contribution < -0.4 is 10.1 Å². The third-order valence-corrected chi connectivity index (χ3v) is 5.79. The normalized spacial score (nSPS) is 13.5. The van der Waals surface area contributed by atoms with Gasteiger partial charge >= 0.3 is 0 Å². The van der Waals surface area contributed by atoms with Crippen LogP contribution in [0.2, 0.25) is 0 Å². The van der Waals surface area contributed by atoms with Gasteiger partial charge in [-0.2, -0.15) is 5.10 Å². The quantitative estimate of drug-likeness (QED) is 0.589. The van der Waals surface area contributed by atoms with Crippen LogP contribution in [0.5, 0.6) is 5.75 Å². The average Bonchev–Trinajstić information content (AvgIpc) is 3.57. The van der Waals surface area contributed by atoms with Gasteiger partial charge in [0.05, 0.1) is 36.4 Å². The fourth-order valence-electron chi connectivity index (χ4n) is 3.84. The third kappa shape index (κ3) is 4.97. The second-order valence-corrected chi connectivity index (χ2v) is 8.33. The molecule has 1 amide bonds. The van der Waals surface area contributed by atoms with E-state index in [2.05, 4.69) is 46.5 Å². The van der Waals surface area contributed by atoms with Gasteiger partial charge in [0, 0.05) is 12.6 Å². The first-order chi connectivity index (χ1) is 14.9. The van der Waals surface area contributed by atoms with Crippen molar-refractivity contribution in [1.82, 2.24) is 14.7 Å². The highest BCUT2D eigenvalue weighted by atomic mass is 16.5. The Morgan fingerprint density at radius 1 is 1.10 bits per heavy atom. The summed E-state index contributed by atoms with van der Waals surface area (Å²) in [6.45, 7) is 7.11. The molecule has 4 rings (SSSR count). The lowest BCUT2D eigenvalue weighted by molar-refractivity contribution is -0.117. The van der Waals surface area contributed by atoms with E-state index in [9.17, 15) is 4.79 Å². The second-order valence-electron chi connectivity index (χ2n) is 8.33. The predicted octanol–water partition coefficient (Wildman–Crippen LogP) is 4.41. The van der Waals surface area contributed by atoms with Crippen LogP contribution in [0.25, 0.3) is 5.69 Å². The van der Waals surface area contributed by atoms with Crippen molar-refractivity contribution in [1.29, 1.82) is 0 Å². The summed E-state index contributed by atoms with van der Waals surface area (Å²) in [6, 6.07) is 16.8. The van der Waals surface area contributed by atoms with Crippen LogP contribution in [-0.4, -0.2) is 40.3 Å². The Kier molecular flexibility index (Phi) is 6.09. The first kappa shape index (κ1) is 21.1. The molecule has 2 aromatic carbocycles. The first-order valence-corrected chi connectivity index (χ1v) is 10.7. The van der Waals surface area contributed by atoms with Crippen molar-refractivity contribution in [2.24, 2.45) is 0 Å². The van der Waals surface area contributed by atoms with Crippen molar-refractivity contribution in [2.45, 2.75) is 46.2 Å². The monoisotopic (exact) mass is 418 g/mol. The molecule has 162 valence electrons. The summed E-state index contributed by atoms with van der Waals surface area (Å²) >= 11 is 0. The molecule has 0 aliphatic heterocycles. The van der Waals surface area contributed by atoms with E-state index in [1.54, 1.807) is 7.11 Å². The molecule has 0 saturated heterocycles. The molecule has 3 aromatic rings. The van der Waals surface area contributed by atoms with E-state index in [0.29, 0.717) is 12.6 Å². The summed E-state index contributed by atoms with van der Waals surface area (Å²) in [7, 11) is 1.67. The first-order valence-electron chi connectivity index (χ1n) is 10.7. The zero-order valence-electron chi connectivity index (χ0n) is 18.7. The molecular formula is C25H30N4O2. The number of nitrogens with one attached hydrogen (secondary N) is 1. The van der Waals surface area contributed by atoms with Gasteiger partial charge in [0.25, 0.3) is 0 Å². The Morgan fingerprint density at radius 3 is 2.39 bits per heavy atom. The van der Waals surface area contributed by atoms with Crippen molar-refractivity contribution in [3.05, 3.63) is 71.0 Å². The number of hydrogen-bond acceptors (Lipinski definition) is 4. The lowest BCUT2D eigenvalue weighted by atomic mass is 10.2. The predicted molar refractivity (Wildman–Crippen MR) is 123 cm³/mol. The molecule has 1 fully saturated rings. The Morgan fingerprint density at radius 2 is 1.77 bits per heavy atom. The number of hydrogen-bond donors (Lipinski definition) is 1. The Labute approximate surface area is 183 Å². The molecule has 1 aliphatic rings. The number of aromatic nitrogens is 2. The summed E-state index contributed by atoms with van der Waals surface area (Å²) < 4.78 is 7.13. The fourth-order valence-corrected chi connectivity index (χ4v) is 3.84. The average molecular weight is 419 g/mol. The highest BCUT2D eigenvalue weighted by molar-refractivity contribution is 5.93. The number of nitrogens with zero attached hydrogens (tertiary/aromatic N) is 3. The number of methoxy groups -OCH3 is 1. The number of rotatable bonds is 8. The summed E-state index contributed by atoms with van der Waals surface area (Å²) in [6.07, 6.45) is 2.29. The zero-order valence-corrected chi connectivity index (χ0v) is 18.7. The summed E-state index contributed by atoms with van der Waals surface area (Å²) in [4.78, 5) is 15.2. The van der Waals surface area contributed by atoms with Crippen LogP contribution in [0.3, 0.4) is 0 Å². The number of benzene rings is 2. The third-order valence-electron chi connectivity index (χ3n) is 5.79. The number of carbonyl (C=O) groups is 1. The van der Waals surface area contributed by atoms with Crippen molar-refractivity contribution in [2.75, 3.05) is 19.0 Å². The van der Waals surface area contributed by atoms with E-state index in [0.717, 1.165) is 47.9 Å². The van der Waals surface area contributed by atoms with Gasteiger partial charge in [0.1, 0.15) is 5.75 Å². The van der Waals surface area contributed by atoms with Crippen molar-refractivity contribution >= 4 is 11.6 Å². The van der Waals surface area contributed by atoms with Gasteiger partial charge in [-0.05, 0) is 63.4 Å². The Bertz CT molecular complexity index is 1050. The van der Waals surface area contributed by atoms with Crippen molar-refractivity contribution in [3.8, 4) is 11.4 Å². The van der Waals surface area contributed by atoms with Crippen LogP contribution in [0.1, 0.15) is 35.4 Å². The Hall–Kier alpha value is -3.12. The molecular weight excluding hydrogens is 388 g/mol. The molecule has 1 heterocycles. The summed E-state index contributed by atoms with van der Waals surface area (Å²) in [5.74, 6) is 0.839. The van der Waals surface area contributed by atoms with E-state index < -0.39 is 0 Å². The molecule has 1 aromatic heterocycles. The smallest absolute Gasteiger partial charge is 0.238 e. The standard InChI is InChI=1S/C25H30N4O2/c1-17-5-9-22(10-6-17)29-19(3)25(18(2)27-29)26-24(30)16-28(21-11-12-21)15-20-7-13-23(31-4)14-8-20/h5-10,13-14,21H,11-12,15-16H2,1-4H3,(H,26,30). The molecule has 0 radical (unpaired) electrons. The highest BCUT2D eigenvalue weighted by Gasteiger charge is 2.30. The molecule has 0 spiro atoms. The number of aryl methyl sites for hydroxylation is 2. The van der Waals surface area contributed by atoms with Gasteiger partial charge in [-0.15, -0.1) is 0 Å². The van der Waals surface area contributed by atoms with Gasteiger partial charge in [-0.3, -0.25) is 9.69 Å². The number of carbonyl (C=O) groups excluding carboxylic acids is 1. The second kappa shape index (κ2) is 8.94. The van der Waals surface area contributed by atoms with Crippen LogP contribution >= 0.6 is 0 Å². The summed E-state index contributed by atoms with van der Waals surface area (Å²) in [5.41, 5.74) is 5.93. The van der Waals surface area contributed by atoms with Gasteiger partial charge in [0.15, 0.2) is 0 Å². The number of amides is 1. The lowest BCUT2D eigenvalue weighted by Crippen LogP contribution is -2.34. The minimum atomic E-state index is -0.00457. The van der Waals surface area contributed by atoms with E-state index in [4.69, 9.17) is 4.74 Å². The van der Waals surface area contributed by atoms with Crippen LogP contribution in [0.4, 0.5) is 5.69 Å². The van der Waals surface area contributed by atoms with Gasteiger partial charge < -0.3 is 10.1 Å². The molecule has 1 saturated carbocycles. The van der Waals surface area contributed by atoms with E-state index in [1.807, 2.05) is 42.8 Å². The fraction of sp³-hybridized carbons (Fsp3) is 0.360. The molecule has 6 nitrogen and oxygen atoms in total. The van der Waals surface area contributed by atoms with Crippen molar-refractivity contribution in [3.63, 3.8) is 0 Å². The van der Waals surface area contributed by atoms with Crippen LogP contribution in [0.15, 0.2) is 48.5 Å². The molecule has 0 unspecified atom stereocenters. The topological polar surface area (TPSA) is 59.4 Å². The SMILES string of the molecule is COc1ccc(CN(CC(=O)Nc2c(C)nn(-c3ccc(C)cc3)c2C)C2CC2)cc1. The highest BCUT2D eigenvalue weighted by Crippen LogP contribution is 2.29. The molecule has 31 heavy (non-hydrogen) atoms. The van der Waals surface area contributed by atoms with E-state index in [-0.39, 0.29) is 5.91 Å². The maximum absolute atomic E-state index is 12.9. The van der Waals surface area contributed by atoms with Crippen molar-refractivity contribution < 1.29 is 9.53 Å². The lowest BCUT2D eigenvalue weighted by Gasteiger charge is -2.21. The maximum Gasteiger partial charge on any atom is 0.238 e. The van der Waals surface area contributed by atoms with Gasteiger partial charge in [-0.1, -0.05) is 29.8 Å². The van der Waals surface area contributed by atoms with E-state index >= 15 is 0 Å². The van der Waals surface area contributed by atoms with E-state index in [1.165, 1.54) is 11.1 Å². The summed E-state index contributed by atoms with van der Waals surface area (Å²) in [5, 5.41) is 7.76. The number of ether oxygens (including phenoxy) is 1. The van der Waals surface area contributed by atoms with Crippen LogP contribution in [0, 0.1) is 20.8 Å². The maximum atomic E-state index is 12.9. The Balaban J connectivity index is 1.45.